The van der Waals surface area contributed by atoms with Crippen LogP contribution in [0.25, 0.3) is 17.3 Å². The number of aromatic amines is 1. The van der Waals surface area contributed by atoms with Crippen molar-refractivity contribution >= 4 is 17.7 Å². The minimum absolute atomic E-state index is 0.0825. The molecule has 0 saturated carbocycles. The van der Waals surface area contributed by atoms with Crippen LogP contribution in [0.1, 0.15) is 16.8 Å². The first-order chi connectivity index (χ1) is 10.4. The monoisotopic (exact) mass is 319 g/mol. The van der Waals surface area contributed by atoms with Gasteiger partial charge >= 0.3 is 0 Å². The molecule has 0 saturated heterocycles. The van der Waals surface area contributed by atoms with Gasteiger partial charge in [-0.25, -0.2) is 0 Å². The van der Waals surface area contributed by atoms with Crippen LogP contribution in [0.5, 0.6) is 11.5 Å². The van der Waals surface area contributed by atoms with E-state index in [9.17, 15) is 4.79 Å². The number of H-pyrrole nitrogens is 1. The van der Waals surface area contributed by atoms with Crippen molar-refractivity contribution in [3.05, 3.63) is 50.8 Å². The van der Waals surface area contributed by atoms with Crippen molar-refractivity contribution < 1.29 is 9.47 Å². The Bertz CT molecular complexity index is 765. The van der Waals surface area contributed by atoms with Crippen LogP contribution in [0.2, 0.25) is 5.02 Å². The minimum Gasteiger partial charge on any atom is -0.496 e. The predicted molar refractivity (Wildman–Crippen MR) is 90.2 cm³/mol. The number of hydrogen-bond donors (Lipinski definition) is 1. The maximum Gasteiger partial charge on any atom is 0.185 e. The van der Waals surface area contributed by atoms with E-state index in [-0.39, 0.29) is 5.43 Å². The molecule has 0 aliphatic carbocycles. The summed E-state index contributed by atoms with van der Waals surface area (Å²) in [5.74, 6) is 1.12. The Labute approximate surface area is 134 Å². The summed E-state index contributed by atoms with van der Waals surface area (Å²) in [5.41, 5.74) is 3.30. The van der Waals surface area contributed by atoms with Gasteiger partial charge in [0.15, 0.2) is 5.43 Å². The lowest BCUT2D eigenvalue weighted by Gasteiger charge is -2.16. The van der Waals surface area contributed by atoms with Crippen LogP contribution in [0.4, 0.5) is 0 Å². The second-order valence-electron chi connectivity index (χ2n) is 4.89. The van der Waals surface area contributed by atoms with Gasteiger partial charge in [0.2, 0.25) is 0 Å². The molecule has 0 aliphatic rings. The molecule has 1 heterocycles. The van der Waals surface area contributed by atoms with Crippen molar-refractivity contribution in [2.24, 2.45) is 0 Å². The first-order valence-electron chi connectivity index (χ1n) is 6.72. The number of nitrogens with one attached hydrogen (secondary N) is 1. The fourth-order valence-electron chi connectivity index (χ4n) is 2.37. The van der Waals surface area contributed by atoms with E-state index in [0.29, 0.717) is 39.0 Å². The van der Waals surface area contributed by atoms with E-state index < -0.39 is 0 Å². The summed E-state index contributed by atoms with van der Waals surface area (Å²) in [4.78, 5) is 15.3. The summed E-state index contributed by atoms with van der Waals surface area (Å²) in [7, 11) is 3.11. The predicted octanol–water partition coefficient (Wildman–Crippen LogP) is 3.97. The average molecular weight is 320 g/mol. The zero-order valence-corrected chi connectivity index (χ0v) is 13.8. The summed E-state index contributed by atoms with van der Waals surface area (Å²) in [5, 5.41) is 0.426. The molecule has 0 bridgehead atoms. The Hall–Kier alpha value is -2.20. The van der Waals surface area contributed by atoms with Gasteiger partial charge in [-0.15, -0.1) is 0 Å². The van der Waals surface area contributed by atoms with Crippen LogP contribution >= 0.6 is 11.6 Å². The minimum atomic E-state index is -0.0825. The van der Waals surface area contributed by atoms with E-state index in [2.05, 4.69) is 11.6 Å². The Balaban J connectivity index is 2.85. The van der Waals surface area contributed by atoms with E-state index in [1.165, 1.54) is 13.2 Å². The van der Waals surface area contributed by atoms with Crippen LogP contribution in [0.15, 0.2) is 23.5 Å². The highest BCUT2D eigenvalue weighted by molar-refractivity contribution is 6.35. The van der Waals surface area contributed by atoms with Crippen LogP contribution in [0, 0.1) is 13.8 Å². The maximum absolute atomic E-state index is 12.2. The number of ether oxygens (including phenoxy) is 2. The third kappa shape index (κ3) is 2.62. The van der Waals surface area contributed by atoms with E-state index in [1.54, 1.807) is 26.2 Å². The molecule has 1 aromatic heterocycles. The fraction of sp³-hybridized carbons (Fsp3) is 0.235. The van der Waals surface area contributed by atoms with E-state index in [1.807, 2.05) is 6.92 Å². The number of halogens is 1. The first-order valence-corrected chi connectivity index (χ1v) is 7.10. The number of rotatable bonds is 4. The summed E-state index contributed by atoms with van der Waals surface area (Å²) < 4.78 is 10.7. The second-order valence-corrected chi connectivity index (χ2v) is 5.26. The highest BCUT2D eigenvalue weighted by atomic mass is 35.5. The van der Waals surface area contributed by atoms with Gasteiger partial charge in [0.25, 0.3) is 0 Å². The normalized spacial score (nSPS) is 10.4. The van der Waals surface area contributed by atoms with Gasteiger partial charge in [0.1, 0.15) is 11.5 Å². The molecule has 0 spiro atoms. The maximum atomic E-state index is 12.2. The molecule has 0 fully saturated rings. The molecule has 0 unspecified atom stereocenters. The molecule has 2 aromatic rings. The molecule has 0 aliphatic heterocycles. The van der Waals surface area contributed by atoms with E-state index in [4.69, 9.17) is 21.1 Å². The van der Waals surface area contributed by atoms with Crippen LogP contribution in [-0.2, 0) is 0 Å². The van der Waals surface area contributed by atoms with E-state index >= 15 is 0 Å². The Morgan fingerprint density at radius 1 is 1.14 bits per heavy atom. The van der Waals surface area contributed by atoms with Crippen molar-refractivity contribution in [2.75, 3.05) is 14.2 Å². The molecular formula is C17H18ClNO3. The fourth-order valence-corrected chi connectivity index (χ4v) is 2.74. The van der Waals surface area contributed by atoms with E-state index in [0.717, 1.165) is 5.56 Å². The van der Waals surface area contributed by atoms with Gasteiger partial charge in [-0.1, -0.05) is 18.2 Å². The Morgan fingerprint density at radius 2 is 1.77 bits per heavy atom. The van der Waals surface area contributed by atoms with Crippen molar-refractivity contribution in [2.45, 2.75) is 13.8 Å². The van der Waals surface area contributed by atoms with Crippen molar-refractivity contribution in [3.8, 4) is 22.8 Å². The number of aromatic nitrogens is 1. The second kappa shape index (κ2) is 6.28. The smallest absolute Gasteiger partial charge is 0.185 e. The van der Waals surface area contributed by atoms with Crippen molar-refractivity contribution in [3.63, 3.8) is 0 Å². The quantitative estimate of drug-likeness (QED) is 0.927. The van der Waals surface area contributed by atoms with Gasteiger partial charge in [-0.3, -0.25) is 4.79 Å². The van der Waals surface area contributed by atoms with Crippen LogP contribution < -0.4 is 14.9 Å². The Kier molecular flexibility index (Phi) is 4.62. The van der Waals surface area contributed by atoms with Gasteiger partial charge in [-0.05, 0) is 19.9 Å². The topological polar surface area (TPSA) is 51.3 Å². The highest BCUT2D eigenvalue weighted by Gasteiger charge is 2.18. The Morgan fingerprint density at radius 3 is 2.32 bits per heavy atom. The third-order valence-electron chi connectivity index (χ3n) is 3.67. The molecule has 0 amide bonds. The molecule has 5 heteroatoms. The van der Waals surface area contributed by atoms with Crippen molar-refractivity contribution in [1.29, 1.82) is 0 Å². The molecule has 2 rings (SSSR count). The summed E-state index contributed by atoms with van der Waals surface area (Å²) in [6.45, 7) is 7.36. The number of benzene rings is 1. The molecule has 1 N–H and O–H groups in total. The average Bonchev–Trinajstić information content (AvgIpc) is 2.51. The lowest BCUT2D eigenvalue weighted by Crippen LogP contribution is -2.09. The number of pyridine rings is 1. The lowest BCUT2D eigenvalue weighted by molar-refractivity contribution is 0.393. The van der Waals surface area contributed by atoms with Crippen LogP contribution in [0.3, 0.4) is 0 Å². The summed E-state index contributed by atoms with van der Waals surface area (Å²) in [6, 6.07) is 3.25. The molecular weight excluding hydrogens is 302 g/mol. The lowest BCUT2D eigenvalue weighted by atomic mass is 10.0. The summed E-state index contributed by atoms with van der Waals surface area (Å²) >= 11 is 6.44. The third-order valence-corrected chi connectivity index (χ3v) is 4.05. The number of hydrogen-bond acceptors (Lipinski definition) is 3. The van der Waals surface area contributed by atoms with Gasteiger partial charge in [-0.2, -0.15) is 0 Å². The molecule has 22 heavy (non-hydrogen) atoms. The molecule has 0 atom stereocenters. The highest BCUT2D eigenvalue weighted by Crippen LogP contribution is 2.41. The molecule has 4 nitrogen and oxygen atoms in total. The molecule has 116 valence electrons. The van der Waals surface area contributed by atoms with Gasteiger partial charge < -0.3 is 14.5 Å². The first kappa shape index (κ1) is 16.2. The van der Waals surface area contributed by atoms with Crippen LogP contribution in [-0.4, -0.2) is 19.2 Å². The summed E-state index contributed by atoms with van der Waals surface area (Å²) in [6.07, 6.45) is 1.61. The zero-order valence-electron chi connectivity index (χ0n) is 13.0. The number of methoxy groups -OCH3 is 2. The largest absolute Gasteiger partial charge is 0.496 e. The standard InChI is InChI=1S/C17H18ClNO3/c1-6-11-9(2)13(20)7-12(19-11)16-10(3)14(21-4)8-15(22-5)17(16)18/h6-8H,1H2,2-5H3,(H,19,20). The molecule has 0 radical (unpaired) electrons. The van der Waals surface area contributed by atoms with Crippen molar-refractivity contribution in [1.82, 2.24) is 4.98 Å². The SMILES string of the molecule is C=Cc1[nH]c(-c2c(C)c(OC)cc(OC)c2Cl)cc(=O)c1C. The zero-order chi connectivity index (χ0) is 16.4. The van der Waals surface area contributed by atoms with Gasteiger partial charge in [0, 0.05) is 34.5 Å². The van der Waals surface area contributed by atoms with Gasteiger partial charge in [0.05, 0.1) is 24.9 Å². The molecule has 1 aromatic carbocycles.